The lowest BCUT2D eigenvalue weighted by Crippen LogP contribution is -2.20. The van der Waals surface area contributed by atoms with Gasteiger partial charge in [0.25, 0.3) is 0 Å². The van der Waals surface area contributed by atoms with Crippen LogP contribution >= 0.6 is 0 Å². The summed E-state index contributed by atoms with van der Waals surface area (Å²) < 4.78 is 9.56. The second-order valence-corrected chi connectivity index (χ2v) is 1.93. The fourth-order valence-electron chi connectivity index (χ4n) is 0.407. The van der Waals surface area contributed by atoms with E-state index in [1.807, 2.05) is 0 Å². The van der Waals surface area contributed by atoms with Crippen LogP contribution in [0.5, 0.6) is 0 Å². The van der Waals surface area contributed by atoms with Gasteiger partial charge < -0.3 is 19.7 Å². The Morgan fingerprint density at radius 2 is 2.44 bits per heavy atom. The van der Waals surface area contributed by atoms with Gasteiger partial charge in [-0.3, -0.25) is 0 Å². The average molecular weight is 134 g/mol. The van der Waals surface area contributed by atoms with Gasteiger partial charge >= 0.3 is 0 Å². The van der Waals surface area contributed by atoms with E-state index in [1.165, 1.54) is 0 Å². The zero-order valence-corrected chi connectivity index (χ0v) is 4.99. The Hall–Kier alpha value is -0.160. The third-order valence-corrected chi connectivity index (χ3v) is 0.988. The Morgan fingerprint density at radius 3 is 2.89 bits per heavy atom. The fourth-order valence-corrected chi connectivity index (χ4v) is 0.407. The summed E-state index contributed by atoms with van der Waals surface area (Å²) in [5.74, 6) is 0. The third-order valence-electron chi connectivity index (χ3n) is 0.988. The molecule has 54 valence electrons. The molecule has 0 amide bonds. The third kappa shape index (κ3) is 2.76. The molecule has 2 atom stereocenters. The van der Waals surface area contributed by atoms with Crippen LogP contribution in [0, 0.1) is 0 Å². The Balaban J connectivity index is 1.90. The number of rotatable bonds is 4. The maximum atomic E-state index is 8.70. The summed E-state index contributed by atoms with van der Waals surface area (Å²) in [5, 5.41) is 17.0. The molecule has 1 fully saturated rings. The van der Waals surface area contributed by atoms with E-state index in [1.54, 1.807) is 0 Å². The molecule has 1 saturated heterocycles. The molecule has 1 heterocycles. The number of hydrogen-bond donors (Lipinski definition) is 2. The van der Waals surface area contributed by atoms with E-state index < -0.39 is 6.10 Å². The van der Waals surface area contributed by atoms with Crippen molar-refractivity contribution in [2.24, 2.45) is 0 Å². The molecule has 0 radical (unpaired) electrons. The molecule has 0 saturated carbocycles. The van der Waals surface area contributed by atoms with Crippen LogP contribution < -0.4 is 0 Å². The average Bonchev–Trinajstić information content (AvgIpc) is 2.65. The minimum atomic E-state index is -0.769. The van der Waals surface area contributed by atoms with Gasteiger partial charge in [-0.15, -0.1) is 0 Å². The molecular formula is C5H10O4. The smallest absolute Gasteiger partial charge is 0.181 e. The summed E-state index contributed by atoms with van der Waals surface area (Å²) in [6.45, 7) is 0.506. The van der Waals surface area contributed by atoms with Crippen molar-refractivity contribution in [3.8, 4) is 0 Å². The van der Waals surface area contributed by atoms with Gasteiger partial charge in [0.15, 0.2) is 6.29 Å². The zero-order chi connectivity index (χ0) is 6.69. The first-order valence-corrected chi connectivity index (χ1v) is 2.85. The van der Waals surface area contributed by atoms with E-state index >= 15 is 0 Å². The van der Waals surface area contributed by atoms with E-state index in [4.69, 9.17) is 14.9 Å². The molecular weight excluding hydrogens is 124 g/mol. The van der Waals surface area contributed by atoms with Crippen LogP contribution in [0.2, 0.25) is 0 Å². The Morgan fingerprint density at radius 1 is 1.78 bits per heavy atom. The molecule has 0 aromatic rings. The monoisotopic (exact) mass is 134 g/mol. The van der Waals surface area contributed by atoms with Gasteiger partial charge in [-0.2, -0.15) is 0 Å². The van der Waals surface area contributed by atoms with Gasteiger partial charge in [0.1, 0.15) is 12.7 Å². The van der Waals surface area contributed by atoms with Crippen molar-refractivity contribution in [3.63, 3.8) is 0 Å². The first-order valence-electron chi connectivity index (χ1n) is 2.85. The topological polar surface area (TPSA) is 62.2 Å². The second kappa shape index (κ2) is 3.12. The summed E-state index contributed by atoms with van der Waals surface area (Å²) in [6.07, 6.45) is -0.902. The molecule has 1 rings (SSSR count). The van der Waals surface area contributed by atoms with Crippen molar-refractivity contribution < 1.29 is 19.7 Å². The predicted molar refractivity (Wildman–Crippen MR) is 28.8 cm³/mol. The summed E-state index contributed by atoms with van der Waals surface area (Å²) in [4.78, 5) is 0. The maximum absolute atomic E-state index is 8.70. The molecule has 0 bridgehead atoms. The number of aliphatic hydroxyl groups is 2. The molecule has 2 unspecified atom stereocenters. The normalized spacial score (nSPS) is 28.0. The molecule has 2 N–H and O–H groups in total. The summed E-state index contributed by atoms with van der Waals surface area (Å²) in [6, 6.07) is 0. The number of aliphatic hydroxyl groups excluding tert-OH is 2. The first-order chi connectivity index (χ1) is 4.33. The molecule has 0 aromatic carbocycles. The molecule has 1 aliphatic heterocycles. The van der Waals surface area contributed by atoms with Gasteiger partial charge in [0.2, 0.25) is 0 Å². The number of epoxide rings is 1. The van der Waals surface area contributed by atoms with E-state index in [0.717, 1.165) is 0 Å². The van der Waals surface area contributed by atoms with E-state index in [2.05, 4.69) is 4.74 Å². The Labute approximate surface area is 53.0 Å². The summed E-state index contributed by atoms with van der Waals surface area (Å²) >= 11 is 0. The predicted octanol–water partition coefficient (Wildman–Crippen LogP) is -1.29. The van der Waals surface area contributed by atoms with Crippen LogP contribution in [0.3, 0.4) is 0 Å². The highest BCUT2D eigenvalue weighted by Crippen LogP contribution is 2.09. The lowest BCUT2D eigenvalue weighted by Gasteiger charge is -2.04. The van der Waals surface area contributed by atoms with Crippen molar-refractivity contribution in [2.75, 3.05) is 19.8 Å². The molecule has 9 heavy (non-hydrogen) atoms. The Bertz CT molecular complexity index is 81.0. The van der Waals surface area contributed by atoms with Crippen LogP contribution in [0.4, 0.5) is 0 Å². The van der Waals surface area contributed by atoms with Crippen molar-refractivity contribution in [2.45, 2.75) is 12.4 Å². The van der Waals surface area contributed by atoms with Crippen LogP contribution in [0.15, 0.2) is 0 Å². The van der Waals surface area contributed by atoms with Crippen molar-refractivity contribution in [1.82, 2.24) is 0 Å². The standard InChI is InChI=1S/C5H10O4/c6-1-4(7)2-8-5-3-9-5/h4-7H,1-3H2. The highest BCUT2D eigenvalue weighted by molar-refractivity contribution is 4.57. The Kier molecular flexibility index (Phi) is 2.41. The highest BCUT2D eigenvalue weighted by Gasteiger charge is 2.23. The largest absolute Gasteiger partial charge is 0.394 e. The fraction of sp³-hybridized carbons (Fsp3) is 1.00. The van der Waals surface area contributed by atoms with Crippen molar-refractivity contribution in [1.29, 1.82) is 0 Å². The zero-order valence-electron chi connectivity index (χ0n) is 4.99. The van der Waals surface area contributed by atoms with E-state index in [9.17, 15) is 0 Å². The van der Waals surface area contributed by atoms with Crippen LogP contribution in [0.25, 0.3) is 0 Å². The quantitative estimate of drug-likeness (QED) is 0.470. The number of ether oxygens (including phenoxy) is 2. The molecule has 0 aliphatic carbocycles. The minimum absolute atomic E-state index is 0.133. The van der Waals surface area contributed by atoms with Gasteiger partial charge in [-0.05, 0) is 0 Å². The molecule has 1 aliphatic rings. The van der Waals surface area contributed by atoms with Gasteiger partial charge in [-0.25, -0.2) is 0 Å². The second-order valence-electron chi connectivity index (χ2n) is 1.93. The van der Waals surface area contributed by atoms with Crippen molar-refractivity contribution >= 4 is 0 Å². The maximum Gasteiger partial charge on any atom is 0.181 e. The summed E-state index contributed by atoms with van der Waals surface area (Å²) in [7, 11) is 0. The lowest BCUT2D eigenvalue weighted by molar-refractivity contribution is -0.0273. The molecule has 4 heteroatoms. The summed E-state index contributed by atoms with van der Waals surface area (Å²) in [5.41, 5.74) is 0. The van der Waals surface area contributed by atoms with Gasteiger partial charge in [-0.1, -0.05) is 0 Å². The van der Waals surface area contributed by atoms with Crippen molar-refractivity contribution in [3.05, 3.63) is 0 Å². The van der Waals surface area contributed by atoms with Crippen LogP contribution in [0.1, 0.15) is 0 Å². The number of hydrogen-bond acceptors (Lipinski definition) is 4. The minimum Gasteiger partial charge on any atom is -0.394 e. The highest BCUT2D eigenvalue weighted by atomic mass is 16.8. The molecule has 0 aromatic heterocycles. The first kappa shape index (κ1) is 6.95. The van der Waals surface area contributed by atoms with Crippen LogP contribution in [-0.2, 0) is 9.47 Å². The SMILES string of the molecule is OCC(O)COC1CO1. The molecule has 0 spiro atoms. The van der Waals surface area contributed by atoms with Crippen LogP contribution in [-0.4, -0.2) is 42.4 Å². The van der Waals surface area contributed by atoms with E-state index in [0.29, 0.717) is 6.61 Å². The lowest BCUT2D eigenvalue weighted by atomic mass is 10.4. The van der Waals surface area contributed by atoms with Gasteiger partial charge in [0.05, 0.1) is 13.2 Å². The van der Waals surface area contributed by atoms with Gasteiger partial charge in [0, 0.05) is 0 Å². The van der Waals surface area contributed by atoms with E-state index in [-0.39, 0.29) is 19.5 Å². The molecule has 4 nitrogen and oxygen atoms in total.